The van der Waals surface area contributed by atoms with Crippen LogP contribution in [-0.2, 0) is 4.74 Å². The molecule has 1 saturated heterocycles. The summed E-state index contributed by atoms with van der Waals surface area (Å²) in [4.78, 5) is 27.7. The molecular formula is C27H39N5O5. The lowest BCUT2D eigenvalue weighted by Crippen LogP contribution is -2.40. The number of H-pyrrole nitrogens is 1. The summed E-state index contributed by atoms with van der Waals surface area (Å²) in [6, 6.07) is 3.62. The minimum Gasteiger partial charge on any atom is -0.493 e. The van der Waals surface area contributed by atoms with Gasteiger partial charge in [0, 0.05) is 44.6 Å². The van der Waals surface area contributed by atoms with Crippen molar-refractivity contribution in [2.75, 3.05) is 55.2 Å². The maximum Gasteiger partial charge on any atom is 0.255 e. The maximum absolute atomic E-state index is 13.0. The Kier molecular flexibility index (Phi) is 9.34. The molecule has 10 heteroatoms. The Hall–Kier alpha value is -3.37. The molecule has 0 bridgehead atoms. The molecule has 0 saturated carbocycles. The second-order valence-electron chi connectivity index (χ2n) is 9.96. The van der Waals surface area contributed by atoms with E-state index in [1.165, 1.54) is 0 Å². The van der Waals surface area contributed by atoms with Gasteiger partial charge in [0.15, 0.2) is 17.1 Å². The van der Waals surface area contributed by atoms with Crippen molar-refractivity contribution in [3.63, 3.8) is 0 Å². The van der Waals surface area contributed by atoms with Gasteiger partial charge in [-0.15, -0.1) is 0 Å². The van der Waals surface area contributed by atoms with Crippen molar-refractivity contribution in [1.82, 2.24) is 25.2 Å². The number of nitrogens with zero attached hydrogens (tertiary/aromatic N) is 3. The topological polar surface area (TPSA) is 111 Å². The van der Waals surface area contributed by atoms with Crippen LogP contribution in [0.2, 0.25) is 0 Å². The third-order valence-corrected chi connectivity index (χ3v) is 6.37. The second kappa shape index (κ2) is 12.2. The van der Waals surface area contributed by atoms with Gasteiger partial charge >= 0.3 is 0 Å². The Morgan fingerprint density at radius 3 is 2.30 bits per heavy atom. The molecule has 1 amide bonds. The van der Waals surface area contributed by atoms with Gasteiger partial charge in [-0.05, 0) is 51.8 Å². The monoisotopic (exact) mass is 513 g/mol. The fourth-order valence-corrected chi connectivity index (χ4v) is 4.37. The molecular weight excluding hydrogens is 474 g/mol. The van der Waals surface area contributed by atoms with E-state index in [1.54, 1.807) is 47.9 Å². The number of aromatic nitrogens is 3. The van der Waals surface area contributed by atoms with Gasteiger partial charge < -0.3 is 29.2 Å². The number of carbonyl (C=O) groups is 1. The van der Waals surface area contributed by atoms with Crippen LogP contribution in [0.3, 0.4) is 0 Å². The van der Waals surface area contributed by atoms with Gasteiger partial charge in [-0.1, -0.05) is 0 Å². The minimum absolute atomic E-state index is 0.147. The first-order valence-electron chi connectivity index (χ1n) is 12.2. The average Bonchev–Trinajstić information content (AvgIpc) is 3.54. The fraction of sp³-hybridized carbons (Fsp3) is 0.519. The van der Waals surface area contributed by atoms with E-state index in [9.17, 15) is 4.79 Å². The molecule has 0 aliphatic carbocycles. The number of fused-ring (bicyclic) bond motifs is 1. The number of benzene rings is 1. The lowest BCUT2D eigenvalue weighted by atomic mass is 10.1. The Morgan fingerprint density at radius 1 is 1.11 bits per heavy atom. The summed E-state index contributed by atoms with van der Waals surface area (Å²) >= 11 is 0. The quantitative estimate of drug-likeness (QED) is 0.491. The van der Waals surface area contributed by atoms with Crippen LogP contribution >= 0.6 is 0 Å². The van der Waals surface area contributed by atoms with Crippen LogP contribution in [0.25, 0.3) is 22.4 Å². The SMILES string of the molecule is COC.COc1cc(-c2cnc3[nH]cc(C(=O)NCC4CCN(C(C)(C)C)C4)c3n2)cc(OC)c1OC. The van der Waals surface area contributed by atoms with Crippen molar-refractivity contribution in [2.45, 2.75) is 32.7 Å². The molecule has 0 spiro atoms. The van der Waals surface area contributed by atoms with Crippen LogP contribution in [0.5, 0.6) is 17.2 Å². The first-order chi connectivity index (χ1) is 17.7. The van der Waals surface area contributed by atoms with Gasteiger partial charge in [0.25, 0.3) is 5.91 Å². The molecule has 10 nitrogen and oxygen atoms in total. The largest absolute Gasteiger partial charge is 0.493 e. The van der Waals surface area contributed by atoms with Crippen molar-refractivity contribution in [3.05, 3.63) is 30.1 Å². The van der Waals surface area contributed by atoms with Gasteiger partial charge in [-0.3, -0.25) is 9.69 Å². The van der Waals surface area contributed by atoms with Crippen molar-refractivity contribution in [2.24, 2.45) is 5.92 Å². The van der Waals surface area contributed by atoms with Gasteiger partial charge in [-0.2, -0.15) is 0 Å². The summed E-state index contributed by atoms with van der Waals surface area (Å²) < 4.78 is 20.6. The van der Waals surface area contributed by atoms with Gasteiger partial charge in [0.1, 0.15) is 5.52 Å². The van der Waals surface area contributed by atoms with Crippen LogP contribution in [0.4, 0.5) is 0 Å². The molecule has 2 N–H and O–H groups in total. The third kappa shape index (κ3) is 6.50. The number of rotatable bonds is 7. The van der Waals surface area contributed by atoms with Gasteiger partial charge in [-0.25, -0.2) is 9.97 Å². The highest BCUT2D eigenvalue weighted by molar-refractivity contribution is 6.04. The molecule has 2 aromatic heterocycles. The zero-order chi connectivity index (χ0) is 27.2. The molecule has 1 unspecified atom stereocenters. The lowest BCUT2D eigenvalue weighted by molar-refractivity contribution is 0.0947. The molecule has 1 aliphatic rings. The van der Waals surface area contributed by atoms with Crippen LogP contribution < -0.4 is 19.5 Å². The Labute approximate surface area is 218 Å². The summed E-state index contributed by atoms with van der Waals surface area (Å²) in [6.07, 6.45) is 4.40. The van der Waals surface area contributed by atoms with Crippen molar-refractivity contribution < 1.29 is 23.7 Å². The third-order valence-electron chi connectivity index (χ3n) is 6.37. The molecule has 3 aromatic rings. The highest BCUT2D eigenvalue weighted by Gasteiger charge is 2.30. The molecule has 4 rings (SSSR count). The number of methoxy groups -OCH3 is 4. The van der Waals surface area contributed by atoms with Crippen molar-refractivity contribution in [1.29, 1.82) is 0 Å². The summed E-state index contributed by atoms with van der Waals surface area (Å²) in [5, 5.41) is 3.09. The van der Waals surface area contributed by atoms with Gasteiger partial charge in [0.2, 0.25) is 5.75 Å². The molecule has 0 radical (unpaired) electrons. The Morgan fingerprint density at radius 2 is 1.76 bits per heavy atom. The molecule has 1 aromatic carbocycles. The number of hydrogen-bond acceptors (Lipinski definition) is 8. The maximum atomic E-state index is 13.0. The lowest BCUT2D eigenvalue weighted by Gasteiger charge is -2.31. The predicted octanol–water partition coefficient (Wildman–Crippen LogP) is 3.76. The first-order valence-corrected chi connectivity index (χ1v) is 12.2. The summed E-state index contributed by atoms with van der Waals surface area (Å²) in [7, 11) is 7.94. The summed E-state index contributed by atoms with van der Waals surface area (Å²) in [6.45, 7) is 9.36. The number of amides is 1. The number of nitrogens with one attached hydrogen (secondary N) is 2. The van der Waals surface area contributed by atoms with Gasteiger partial charge in [0.05, 0.1) is 38.8 Å². The molecule has 1 fully saturated rings. The van der Waals surface area contributed by atoms with E-state index in [-0.39, 0.29) is 11.4 Å². The van der Waals surface area contributed by atoms with Crippen LogP contribution in [-0.4, -0.2) is 86.5 Å². The number of hydrogen-bond donors (Lipinski definition) is 2. The highest BCUT2D eigenvalue weighted by atomic mass is 16.5. The first kappa shape index (κ1) is 28.2. The molecule has 1 atom stereocenters. The second-order valence-corrected chi connectivity index (χ2v) is 9.96. The van der Waals surface area contributed by atoms with E-state index in [0.29, 0.717) is 52.1 Å². The zero-order valence-corrected chi connectivity index (χ0v) is 23.1. The van der Waals surface area contributed by atoms with Crippen LogP contribution in [0, 0.1) is 5.92 Å². The normalized spacial score (nSPS) is 15.7. The number of likely N-dealkylation sites (tertiary alicyclic amines) is 1. The molecule has 3 heterocycles. The van der Waals surface area contributed by atoms with E-state index in [1.807, 2.05) is 12.1 Å². The average molecular weight is 514 g/mol. The van der Waals surface area contributed by atoms with E-state index < -0.39 is 0 Å². The van der Waals surface area contributed by atoms with E-state index in [4.69, 9.17) is 19.2 Å². The standard InChI is InChI=1S/C25H33N5O4.C2H6O/c1-25(2,3)30-8-7-15(14-30)11-28-24(31)17-12-26-23-21(17)29-18(13-27-23)16-9-19(32-4)22(34-6)20(10-16)33-5;1-3-2/h9-10,12-13,15H,7-8,11,14H2,1-6H3,(H,26,27)(H,28,31);1-2H3. The molecule has 202 valence electrons. The van der Waals surface area contributed by atoms with E-state index in [2.05, 4.69) is 45.7 Å². The number of aromatic amines is 1. The van der Waals surface area contributed by atoms with E-state index >= 15 is 0 Å². The Balaban J connectivity index is 0.00000121. The minimum atomic E-state index is -0.156. The van der Waals surface area contributed by atoms with E-state index in [0.717, 1.165) is 25.1 Å². The summed E-state index contributed by atoms with van der Waals surface area (Å²) in [5.74, 6) is 1.82. The predicted molar refractivity (Wildman–Crippen MR) is 144 cm³/mol. The van der Waals surface area contributed by atoms with Crippen LogP contribution in [0.15, 0.2) is 24.5 Å². The molecule has 1 aliphatic heterocycles. The number of ether oxygens (including phenoxy) is 4. The zero-order valence-electron chi connectivity index (χ0n) is 23.1. The Bertz CT molecular complexity index is 1180. The summed E-state index contributed by atoms with van der Waals surface area (Å²) in [5.41, 5.74) is 3.03. The molecule has 37 heavy (non-hydrogen) atoms. The number of carbonyl (C=O) groups excluding carboxylic acids is 1. The highest BCUT2D eigenvalue weighted by Crippen LogP contribution is 2.41. The fourth-order valence-electron chi connectivity index (χ4n) is 4.37. The van der Waals surface area contributed by atoms with Crippen molar-refractivity contribution in [3.8, 4) is 28.5 Å². The van der Waals surface area contributed by atoms with Crippen LogP contribution in [0.1, 0.15) is 37.6 Å². The smallest absolute Gasteiger partial charge is 0.255 e. The van der Waals surface area contributed by atoms with Crippen molar-refractivity contribution >= 4 is 17.1 Å².